The topological polar surface area (TPSA) is 73.5 Å². The molecule has 0 radical (unpaired) electrons. The average molecular weight is 426 g/mol. The second-order valence-corrected chi connectivity index (χ2v) is 7.84. The van der Waals surface area contributed by atoms with Crippen LogP contribution in [0, 0.1) is 5.92 Å². The maximum Gasteiger partial charge on any atom is 0.433 e. The molecule has 2 aromatic rings. The number of alkyl halides is 3. The van der Waals surface area contributed by atoms with Gasteiger partial charge in [-0.2, -0.15) is 18.2 Å². The second-order valence-electron chi connectivity index (χ2n) is 7.84. The fraction of sp³-hybridized carbons (Fsp3) is 0.650. The minimum Gasteiger partial charge on any atom is -0.493 e. The summed E-state index contributed by atoms with van der Waals surface area (Å²) in [5, 5.41) is 4.12. The molecule has 30 heavy (non-hydrogen) atoms. The molecule has 164 valence electrons. The van der Waals surface area contributed by atoms with Crippen LogP contribution in [0.1, 0.15) is 49.0 Å². The SMILES string of the molecule is FC(F)(F)c1cc(OCC2CCN(Cc3noc(C4CCOCC4)n3)CC2)ccn1. The molecule has 0 saturated carbocycles. The largest absolute Gasteiger partial charge is 0.493 e. The molecular weight excluding hydrogens is 401 g/mol. The molecule has 10 heteroatoms. The van der Waals surface area contributed by atoms with Crippen LogP contribution in [-0.4, -0.2) is 52.9 Å². The number of hydrogen-bond donors (Lipinski definition) is 0. The lowest BCUT2D eigenvalue weighted by Gasteiger charge is -2.30. The van der Waals surface area contributed by atoms with Crippen molar-refractivity contribution in [1.82, 2.24) is 20.0 Å². The summed E-state index contributed by atoms with van der Waals surface area (Å²) in [5.41, 5.74) is -0.935. The molecule has 2 saturated heterocycles. The van der Waals surface area contributed by atoms with Crippen molar-refractivity contribution in [3.63, 3.8) is 0 Å². The van der Waals surface area contributed by atoms with E-state index in [1.807, 2.05) is 0 Å². The average Bonchev–Trinajstić information content (AvgIpc) is 3.22. The molecule has 0 aromatic carbocycles. The lowest BCUT2D eigenvalue weighted by Crippen LogP contribution is -2.35. The predicted octanol–water partition coefficient (Wildman–Crippen LogP) is 3.67. The van der Waals surface area contributed by atoms with Gasteiger partial charge in [-0.3, -0.25) is 9.88 Å². The summed E-state index contributed by atoms with van der Waals surface area (Å²) in [5.74, 6) is 2.18. The van der Waals surface area contributed by atoms with Crippen LogP contribution in [0.5, 0.6) is 5.75 Å². The molecule has 0 bridgehead atoms. The third kappa shape index (κ3) is 5.48. The summed E-state index contributed by atoms with van der Waals surface area (Å²) in [6.45, 7) is 4.22. The van der Waals surface area contributed by atoms with Crippen molar-refractivity contribution >= 4 is 0 Å². The lowest BCUT2D eigenvalue weighted by molar-refractivity contribution is -0.141. The van der Waals surface area contributed by atoms with Crippen molar-refractivity contribution in [2.75, 3.05) is 32.9 Å². The minimum absolute atomic E-state index is 0.201. The monoisotopic (exact) mass is 426 g/mol. The normalized spacial score (nSPS) is 19.8. The lowest BCUT2D eigenvalue weighted by atomic mass is 9.98. The van der Waals surface area contributed by atoms with Crippen molar-refractivity contribution in [2.24, 2.45) is 5.92 Å². The highest BCUT2D eigenvalue weighted by Crippen LogP contribution is 2.30. The van der Waals surface area contributed by atoms with Crippen molar-refractivity contribution in [1.29, 1.82) is 0 Å². The van der Waals surface area contributed by atoms with Gasteiger partial charge in [0.05, 0.1) is 13.2 Å². The summed E-state index contributed by atoms with van der Waals surface area (Å²) in [4.78, 5) is 10.2. The third-order valence-corrected chi connectivity index (χ3v) is 5.63. The highest BCUT2D eigenvalue weighted by molar-refractivity contribution is 5.24. The van der Waals surface area contributed by atoms with E-state index in [1.54, 1.807) is 0 Å². The van der Waals surface area contributed by atoms with Gasteiger partial charge in [0.1, 0.15) is 11.4 Å². The Balaban J connectivity index is 1.21. The number of halogens is 3. The highest BCUT2D eigenvalue weighted by Gasteiger charge is 2.33. The molecule has 0 aliphatic carbocycles. The maximum atomic E-state index is 12.7. The minimum atomic E-state index is -4.47. The smallest absolute Gasteiger partial charge is 0.433 e. The first kappa shape index (κ1) is 21.0. The number of rotatable bonds is 6. The summed E-state index contributed by atoms with van der Waals surface area (Å²) < 4.78 is 54.6. The quantitative estimate of drug-likeness (QED) is 0.698. The number of likely N-dealkylation sites (tertiary alicyclic amines) is 1. The van der Waals surface area contributed by atoms with E-state index in [0.717, 1.165) is 64.2 Å². The number of ether oxygens (including phenoxy) is 2. The molecule has 2 fully saturated rings. The zero-order chi connectivity index (χ0) is 21.0. The number of piperidine rings is 1. The molecular formula is C20H25F3N4O3. The van der Waals surface area contributed by atoms with Crippen LogP contribution in [0.3, 0.4) is 0 Å². The van der Waals surface area contributed by atoms with Crippen LogP contribution >= 0.6 is 0 Å². The maximum absolute atomic E-state index is 12.7. The van der Waals surface area contributed by atoms with E-state index >= 15 is 0 Å². The van der Waals surface area contributed by atoms with Gasteiger partial charge < -0.3 is 14.0 Å². The van der Waals surface area contributed by atoms with Crippen molar-refractivity contribution in [2.45, 2.75) is 44.3 Å². The molecule has 2 aliphatic heterocycles. The molecule has 7 nitrogen and oxygen atoms in total. The number of pyridine rings is 1. The van der Waals surface area contributed by atoms with Crippen LogP contribution in [0.2, 0.25) is 0 Å². The Bertz CT molecular complexity index is 816. The van der Waals surface area contributed by atoms with E-state index < -0.39 is 11.9 Å². The van der Waals surface area contributed by atoms with Gasteiger partial charge in [-0.1, -0.05) is 5.16 Å². The van der Waals surface area contributed by atoms with E-state index in [4.69, 9.17) is 14.0 Å². The van der Waals surface area contributed by atoms with E-state index in [-0.39, 0.29) is 11.7 Å². The first-order valence-electron chi connectivity index (χ1n) is 10.3. The summed E-state index contributed by atoms with van der Waals surface area (Å²) >= 11 is 0. The molecule has 0 amide bonds. The van der Waals surface area contributed by atoms with Crippen molar-refractivity contribution in [3.05, 3.63) is 35.7 Å². The highest BCUT2D eigenvalue weighted by atomic mass is 19.4. The van der Waals surface area contributed by atoms with Crippen molar-refractivity contribution < 1.29 is 27.2 Å². The van der Waals surface area contributed by atoms with E-state index in [0.29, 0.717) is 30.8 Å². The van der Waals surface area contributed by atoms with Crippen LogP contribution in [0.15, 0.2) is 22.9 Å². The Hall–Kier alpha value is -2.20. The summed E-state index contributed by atoms with van der Waals surface area (Å²) in [6, 6.07) is 2.40. The number of aromatic nitrogens is 3. The Morgan fingerprint density at radius 2 is 1.90 bits per heavy atom. The molecule has 0 atom stereocenters. The zero-order valence-corrected chi connectivity index (χ0v) is 16.6. The number of nitrogens with zero attached hydrogens (tertiary/aromatic N) is 4. The van der Waals surface area contributed by atoms with Gasteiger partial charge in [0.15, 0.2) is 5.82 Å². The standard InChI is InChI=1S/C20H25F3N4O3/c21-20(22,23)17-11-16(1-6-24-17)29-13-14-2-7-27(8-3-14)12-18-25-19(30-26-18)15-4-9-28-10-5-15/h1,6,11,14-15H,2-5,7-10,12-13H2. The van der Waals surface area contributed by atoms with Gasteiger partial charge >= 0.3 is 6.18 Å². The van der Waals surface area contributed by atoms with Gasteiger partial charge in [0, 0.05) is 31.4 Å². The van der Waals surface area contributed by atoms with E-state index in [9.17, 15) is 13.2 Å². The molecule has 4 heterocycles. The number of hydrogen-bond acceptors (Lipinski definition) is 7. The Morgan fingerprint density at radius 1 is 1.13 bits per heavy atom. The van der Waals surface area contributed by atoms with Gasteiger partial charge in [-0.15, -0.1) is 0 Å². The van der Waals surface area contributed by atoms with Crippen molar-refractivity contribution in [3.8, 4) is 5.75 Å². The summed E-state index contributed by atoms with van der Waals surface area (Å²) in [6.07, 6.45) is 0.290. The Kier molecular flexibility index (Phi) is 6.52. The Labute approximate surface area is 172 Å². The summed E-state index contributed by atoms with van der Waals surface area (Å²) in [7, 11) is 0. The fourth-order valence-corrected chi connectivity index (χ4v) is 3.82. The predicted molar refractivity (Wildman–Crippen MR) is 99.8 cm³/mol. The zero-order valence-electron chi connectivity index (χ0n) is 16.6. The molecule has 0 unspecified atom stereocenters. The van der Waals surface area contributed by atoms with Gasteiger partial charge in [0.25, 0.3) is 0 Å². The molecule has 0 spiro atoms. The fourth-order valence-electron chi connectivity index (χ4n) is 3.82. The molecule has 4 rings (SSSR count). The third-order valence-electron chi connectivity index (χ3n) is 5.63. The first-order chi connectivity index (χ1) is 14.5. The van der Waals surface area contributed by atoms with Crippen LogP contribution in [-0.2, 0) is 17.5 Å². The first-order valence-corrected chi connectivity index (χ1v) is 10.3. The van der Waals surface area contributed by atoms with Crippen LogP contribution in [0.25, 0.3) is 0 Å². The van der Waals surface area contributed by atoms with Gasteiger partial charge in [-0.25, -0.2) is 0 Å². The van der Waals surface area contributed by atoms with Gasteiger partial charge in [0.2, 0.25) is 5.89 Å². The molecule has 2 aromatic heterocycles. The molecule has 2 aliphatic rings. The van der Waals surface area contributed by atoms with Crippen LogP contribution in [0.4, 0.5) is 13.2 Å². The Morgan fingerprint density at radius 3 is 2.63 bits per heavy atom. The van der Waals surface area contributed by atoms with Crippen LogP contribution < -0.4 is 4.74 Å². The second kappa shape index (κ2) is 9.30. The van der Waals surface area contributed by atoms with E-state index in [2.05, 4.69) is 20.0 Å². The van der Waals surface area contributed by atoms with Gasteiger partial charge in [-0.05, 0) is 50.8 Å². The van der Waals surface area contributed by atoms with E-state index in [1.165, 1.54) is 6.07 Å². The molecule has 0 N–H and O–H groups in total.